The smallest absolute Gasteiger partial charge is 0.0536 e. The molecule has 100 valence electrons. The highest BCUT2D eigenvalue weighted by Crippen LogP contribution is 2.44. The van der Waals surface area contributed by atoms with Crippen LogP contribution < -0.4 is 0 Å². The Balaban J connectivity index is 1.85. The van der Waals surface area contributed by atoms with Crippen molar-refractivity contribution in [2.45, 2.75) is 0 Å². The third kappa shape index (κ3) is 1.78. The van der Waals surface area contributed by atoms with E-state index in [2.05, 4.69) is 60.0 Å². The fourth-order valence-electron chi connectivity index (χ4n) is 2.78. The van der Waals surface area contributed by atoms with Crippen molar-refractivity contribution in [2.75, 3.05) is 0 Å². The van der Waals surface area contributed by atoms with E-state index in [1.807, 2.05) is 34.0 Å². The Kier molecular flexibility index (Phi) is 2.50. The zero-order valence-electron chi connectivity index (χ0n) is 11.0. The Labute approximate surface area is 133 Å². The summed E-state index contributed by atoms with van der Waals surface area (Å²) in [5.41, 5.74) is 0. The van der Waals surface area contributed by atoms with Gasteiger partial charge < -0.3 is 0 Å². The second-order valence-corrected chi connectivity index (χ2v) is 8.16. The molecule has 0 amide bonds. The summed E-state index contributed by atoms with van der Waals surface area (Å²) in [5.74, 6) is 0. The molecule has 0 atom stereocenters. The van der Waals surface area contributed by atoms with Crippen molar-refractivity contribution in [3.05, 3.63) is 60.0 Å². The molecule has 0 spiro atoms. The quantitative estimate of drug-likeness (QED) is 0.312. The predicted octanol–water partition coefficient (Wildman–Crippen LogP) is 7.00. The van der Waals surface area contributed by atoms with Crippen molar-refractivity contribution in [1.82, 2.24) is 0 Å². The lowest BCUT2D eigenvalue weighted by Crippen LogP contribution is -1.70. The summed E-state index contributed by atoms with van der Waals surface area (Å²) in [5, 5.41) is 6.21. The zero-order valence-corrected chi connectivity index (χ0v) is 13.4. The van der Waals surface area contributed by atoms with Gasteiger partial charge in [-0.05, 0) is 40.4 Å². The maximum absolute atomic E-state index is 2.35. The van der Waals surface area contributed by atoms with Gasteiger partial charge in [0.25, 0.3) is 0 Å². The van der Waals surface area contributed by atoms with Crippen molar-refractivity contribution in [2.24, 2.45) is 0 Å². The third-order valence-electron chi connectivity index (χ3n) is 3.77. The van der Waals surface area contributed by atoms with Gasteiger partial charge in [0.05, 0.1) is 4.70 Å². The third-order valence-corrected chi connectivity index (χ3v) is 7.24. The average molecular weight is 322 g/mol. The van der Waals surface area contributed by atoms with Crippen LogP contribution in [0.5, 0.6) is 0 Å². The molecule has 0 saturated carbocycles. The van der Waals surface area contributed by atoms with Crippen LogP contribution in [-0.4, -0.2) is 0 Å². The molecule has 2 aromatic carbocycles. The van der Waals surface area contributed by atoms with E-state index in [4.69, 9.17) is 0 Å². The molecule has 3 heteroatoms. The van der Waals surface area contributed by atoms with Gasteiger partial charge in [-0.25, -0.2) is 0 Å². The molecule has 0 unspecified atom stereocenters. The van der Waals surface area contributed by atoms with Crippen LogP contribution >= 0.6 is 34.0 Å². The van der Waals surface area contributed by atoms with E-state index >= 15 is 0 Å². The van der Waals surface area contributed by atoms with Crippen molar-refractivity contribution in [3.63, 3.8) is 0 Å². The van der Waals surface area contributed by atoms with Crippen molar-refractivity contribution in [1.29, 1.82) is 0 Å². The van der Waals surface area contributed by atoms with E-state index < -0.39 is 0 Å². The number of rotatable bonds is 1. The summed E-state index contributed by atoms with van der Waals surface area (Å²) >= 11 is 5.65. The summed E-state index contributed by atoms with van der Waals surface area (Å²) < 4.78 is 4.24. The van der Waals surface area contributed by atoms with Crippen LogP contribution in [0.15, 0.2) is 60.0 Å². The van der Waals surface area contributed by atoms with Gasteiger partial charge in [0.15, 0.2) is 0 Å². The second kappa shape index (κ2) is 4.41. The lowest BCUT2D eigenvalue weighted by Gasteiger charge is -1.97. The van der Waals surface area contributed by atoms with E-state index in [1.165, 1.54) is 40.0 Å². The van der Waals surface area contributed by atoms with Crippen molar-refractivity contribution >= 4 is 64.3 Å². The molecule has 5 rings (SSSR count). The molecule has 3 aromatic heterocycles. The molecule has 0 aliphatic carbocycles. The van der Waals surface area contributed by atoms with Gasteiger partial charge in [0.2, 0.25) is 0 Å². The Morgan fingerprint density at radius 3 is 2.33 bits per heavy atom. The van der Waals surface area contributed by atoms with E-state index in [0.717, 1.165) is 0 Å². The monoisotopic (exact) mass is 322 g/mol. The molecule has 0 bridgehead atoms. The van der Waals surface area contributed by atoms with Gasteiger partial charge in [-0.2, -0.15) is 0 Å². The van der Waals surface area contributed by atoms with Crippen LogP contribution in [0.4, 0.5) is 0 Å². The van der Waals surface area contributed by atoms with Gasteiger partial charge in [-0.15, -0.1) is 34.0 Å². The molecule has 0 N–H and O–H groups in total. The summed E-state index contributed by atoms with van der Waals surface area (Å²) in [6.45, 7) is 0. The molecule has 5 aromatic rings. The van der Waals surface area contributed by atoms with Crippen LogP contribution in [-0.2, 0) is 0 Å². The minimum atomic E-state index is 1.33. The average Bonchev–Trinajstić information content (AvgIpc) is 3.20. The first kappa shape index (κ1) is 11.9. The normalized spacial score (nSPS) is 11.8. The maximum Gasteiger partial charge on any atom is 0.0536 e. The van der Waals surface area contributed by atoms with Gasteiger partial charge in [-0.3, -0.25) is 0 Å². The first-order valence-electron chi connectivity index (χ1n) is 6.77. The van der Waals surface area contributed by atoms with Crippen LogP contribution in [0.25, 0.3) is 40.0 Å². The van der Waals surface area contributed by atoms with Gasteiger partial charge in [-0.1, -0.05) is 30.3 Å². The number of fused-ring (bicyclic) bond motifs is 4. The minimum absolute atomic E-state index is 1.33. The highest BCUT2D eigenvalue weighted by atomic mass is 32.1. The molecule has 0 radical (unpaired) electrons. The highest BCUT2D eigenvalue weighted by Gasteiger charge is 2.12. The summed E-state index contributed by atoms with van der Waals surface area (Å²) in [7, 11) is 0. The molecular weight excluding hydrogens is 312 g/mol. The Morgan fingerprint density at radius 1 is 0.667 bits per heavy atom. The van der Waals surface area contributed by atoms with E-state index in [-0.39, 0.29) is 0 Å². The number of hydrogen-bond donors (Lipinski definition) is 0. The number of benzene rings is 2. The van der Waals surface area contributed by atoms with E-state index in [9.17, 15) is 0 Å². The summed E-state index contributed by atoms with van der Waals surface area (Å²) in [6.07, 6.45) is 0. The van der Waals surface area contributed by atoms with Crippen LogP contribution in [0.3, 0.4) is 0 Å². The van der Waals surface area contributed by atoms with E-state index in [0.29, 0.717) is 0 Å². The van der Waals surface area contributed by atoms with E-state index in [1.54, 1.807) is 0 Å². The van der Waals surface area contributed by atoms with Crippen LogP contribution in [0, 0.1) is 0 Å². The number of hydrogen-bond acceptors (Lipinski definition) is 3. The molecule has 0 nitrogen and oxygen atoms in total. The Bertz CT molecular complexity index is 1080. The largest absolute Gasteiger partial charge is 0.143 e. The van der Waals surface area contributed by atoms with Gasteiger partial charge in [0.1, 0.15) is 0 Å². The lowest BCUT2D eigenvalue weighted by atomic mass is 10.1. The first-order chi connectivity index (χ1) is 10.4. The first-order valence-corrected chi connectivity index (χ1v) is 9.28. The number of thiophene rings is 3. The van der Waals surface area contributed by atoms with Crippen LogP contribution in [0.2, 0.25) is 0 Å². The van der Waals surface area contributed by atoms with Crippen molar-refractivity contribution in [3.8, 4) is 9.75 Å². The second-order valence-electron chi connectivity index (χ2n) is 5.08. The molecule has 0 aliphatic heterocycles. The standard InChI is InChI=1S/C18H10S3/c1-2-5-12-9-15-13(8-11(12)4-1)18-17(20-15)10-16(21-18)14-6-3-7-19-14/h1-10H. The molecule has 21 heavy (non-hydrogen) atoms. The predicted molar refractivity (Wildman–Crippen MR) is 98.0 cm³/mol. The molecular formula is C18H10S3. The molecule has 3 heterocycles. The zero-order chi connectivity index (χ0) is 13.8. The SMILES string of the molecule is c1csc(-c2cc3sc4cc5ccccc5cc4c3s2)c1. The lowest BCUT2D eigenvalue weighted by molar-refractivity contribution is 1.82. The molecule has 0 fully saturated rings. The van der Waals surface area contributed by atoms with Crippen molar-refractivity contribution < 1.29 is 0 Å². The summed E-state index contributed by atoms with van der Waals surface area (Å²) in [6, 6.07) is 20.0. The topological polar surface area (TPSA) is 0 Å². The maximum atomic E-state index is 2.35. The fourth-order valence-corrected chi connectivity index (χ4v) is 6.15. The van der Waals surface area contributed by atoms with Crippen LogP contribution in [0.1, 0.15) is 0 Å². The molecule has 0 saturated heterocycles. The molecule has 0 aliphatic rings. The van der Waals surface area contributed by atoms with Gasteiger partial charge in [0, 0.05) is 24.5 Å². The fraction of sp³-hybridized carbons (Fsp3) is 0. The Morgan fingerprint density at radius 2 is 1.52 bits per heavy atom. The minimum Gasteiger partial charge on any atom is -0.143 e. The summed E-state index contributed by atoms with van der Waals surface area (Å²) in [4.78, 5) is 2.76. The van der Waals surface area contributed by atoms with Gasteiger partial charge >= 0.3 is 0 Å². The Hall–Kier alpha value is -1.68. The highest BCUT2D eigenvalue weighted by molar-refractivity contribution is 7.34.